The van der Waals surface area contributed by atoms with Gasteiger partial charge < -0.3 is 9.67 Å². The van der Waals surface area contributed by atoms with Crippen LogP contribution in [0.3, 0.4) is 0 Å². The molecule has 0 spiro atoms. The molecular weight excluding hydrogens is 667 g/mol. The summed E-state index contributed by atoms with van der Waals surface area (Å²) in [6.07, 6.45) is 1.84. The summed E-state index contributed by atoms with van der Waals surface area (Å²) in [5.41, 5.74) is 6.57. The van der Waals surface area contributed by atoms with Gasteiger partial charge in [0, 0.05) is 18.5 Å². The number of benzene rings is 5. The Morgan fingerprint density at radius 2 is 1.26 bits per heavy atom. The van der Waals surface area contributed by atoms with E-state index in [-0.39, 0.29) is 0 Å². The fourth-order valence-electron chi connectivity index (χ4n) is 7.37. The van der Waals surface area contributed by atoms with Gasteiger partial charge in [0.2, 0.25) is 0 Å². The first kappa shape index (κ1) is 36.2. The van der Waals surface area contributed by atoms with Gasteiger partial charge in [-0.15, -0.1) is 5.10 Å². The third-order valence-corrected chi connectivity index (χ3v) is 10.2. The smallest absolute Gasteiger partial charge is 0.184 e. The summed E-state index contributed by atoms with van der Waals surface area (Å²) in [6, 6.07) is 50.2. The monoisotopic (exact) mass is 711 g/mol. The van der Waals surface area contributed by atoms with Crippen LogP contribution in [0.25, 0.3) is 22.5 Å². The van der Waals surface area contributed by atoms with E-state index in [0.717, 1.165) is 64.0 Å². The van der Waals surface area contributed by atoms with Gasteiger partial charge in [0.25, 0.3) is 0 Å². The maximum Gasteiger partial charge on any atom is 0.184 e. The molecule has 0 bridgehead atoms. The highest BCUT2D eigenvalue weighted by atomic mass is 16.3. The second-order valence-electron chi connectivity index (χ2n) is 14.8. The van der Waals surface area contributed by atoms with Gasteiger partial charge in [-0.05, 0) is 55.6 Å². The van der Waals surface area contributed by atoms with Gasteiger partial charge in [0.05, 0.1) is 5.69 Å². The molecule has 0 amide bonds. The lowest BCUT2D eigenvalue weighted by molar-refractivity contribution is 0.0555. The van der Waals surface area contributed by atoms with E-state index in [4.69, 9.17) is 15.3 Å². The number of aliphatic hydroxyl groups excluding tert-OH is 1. The molecule has 5 aromatic carbocycles. The Morgan fingerprint density at radius 3 is 1.78 bits per heavy atom. The van der Waals surface area contributed by atoms with Crippen LogP contribution in [-0.4, -0.2) is 34.9 Å². The van der Waals surface area contributed by atoms with Gasteiger partial charge in [-0.25, -0.2) is 9.67 Å². The van der Waals surface area contributed by atoms with Crippen molar-refractivity contribution in [3.8, 4) is 28.6 Å². The molecule has 0 radical (unpaired) electrons. The second-order valence-corrected chi connectivity index (χ2v) is 14.8. The van der Waals surface area contributed by atoms with Crippen molar-refractivity contribution < 1.29 is 5.11 Å². The van der Waals surface area contributed by atoms with Crippen molar-refractivity contribution in [2.24, 2.45) is 5.41 Å². The van der Waals surface area contributed by atoms with Crippen LogP contribution in [0.15, 0.2) is 140 Å². The SMILES string of the molecule is CCCCc1nc(C#N)c(C(O)C(C)(C)C)n1Cc1ccc(-c2ccccc2-c2nnnn2C(c2ccccc2)(c2ccccc2)c2ccccc2)cc1. The first-order valence-corrected chi connectivity index (χ1v) is 18.6. The first-order valence-electron chi connectivity index (χ1n) is 18.6. The normalized spacial score (nSPS) is 12.4. The number of tetrazole rings is 1. The summed E-state index contributed by atoms with van der Waals surface area (Å²) in [5.74, 6) is 1.46. The van der Waals surface area contributed by atoms with Gasteiger partial charge >= 0.3 is 0 Å². The molecule has 8 nitrogen and oxygen atoms in total. The Hall–Kier alpha value is -6.17. The lowest BCUT2D eigenvalue weighted by Gasteiger charge is -2.36. The summed E-state index contributed by atoms with van der Waals surface area (Å²) >= 11 is 0. The molecule has 2 aromatic heterocycles. The zero-order valence-electron chi connectivity index (χ0n) is 31.3. The van der Waals surface area contributed by atoms with Crippen LogP contribution < -0.4 is 0 Å². The Bertz CT molecular complexity index is 2250. The molecule has 2 heterocycles. The lowest BCUT2D eigenvalue weighted by atomic mass is 9.77. The van der Waals surface area contributed by atoms with Crippen molar-refractivity contribution in [1.82, 2.24) is 29.8 Å². The number of hydrogen-bond donors (Lipinski definition) is 1. The van der Waals surface area contributed by atoms with E-state index < -0.39 is 17.1 Å². The lowest BCUT2D eigenvalue weighted by Crippen LogP contribution is -2.39. The van der Waals surface area contributed by atoms with Crippen molar-refractivity contribution in [3.05, 3.63) is 179 Å². The topological polar surface area (TPSA) is 105 Å². The average Bonchev–Trinajstić information content (AvgIpc) is 3.83. The van der Waals surface area contributed by atoms with Gasteiger partial charge in [0.1, 0.15) is 23.5 Å². The zero-order chi connectivity index (χ0) is 37.7. The van der Waals surface area contributed by atoms with Crippen LogP contribution in [0.1, 0.15) is 86.1 Å². The molecule has 0 aliphatic rings. The van der Waals surface area contributed by atoms with E-state index >= 15 is 0 Å². The molecule has 270 valence electrons. The van der Waals surface area contributed by atoms with Crippen LogP contribution in [0.2, 0.25) is 0 Å². The van der Waals surface area contributed by atoms with Gasteiger partial charge in [-0.3, -0.25) is 0 Å². The summed E-state index contributed by atoms with van der Waals surface area (Å²) in [6.45, 7) is 8.57. The molecule has 0 saturated heterocycles. The number of nitriles is 1. The molecule has 7 rings (SSSR count). The van der Waals surface area contributed by atoms with Crippen LogP contribution >= 0.6 is 0 Å². The highest BCUT2D eigenvalue weighted by molar-refractivity contribution is 5.81. The minimum atomic E-state index is -0.878. The van der Waals surface area contributed by atoms with E-state index in [9.17, 15) is 10.4 Å². The van der Waals surface area contributed by atoms with Crippen molar-refractivity contribution >= 4 is 0 Å². The number of hydrogen-bond acceptors (Lipinski definition) is 6. The third-order valence-electron chi connectivity index (χ3n) is 10.2. The number of aromatic nitrogens is 6. The van der Waals surface area contributed by atoms with Crippen molar-refractivity contribution in [3.63, 3.8) is 0 Å². The number of aliphatic hydroxyl groups is 1. The van der Waals surface area contributed by atoms with Crippen LogP contribution in [-0.2, 0) is 18.5 Å². The minimum Gasteiger partial charge on any atom is -0.386 e. The van der Waals surface area contributed by atoms with Gasteiger partial charge in [-0.2, -0.15) is 5.26 Å². The maximum atomic E-state index is 11.4. The molecule has 1 N–H and O–H groups in total. The van der Waals surface area contributed by atoms with E-state index in [0.29, 0.717) is 23.8 Å². The number of unbranched alkanes of at least 4 members (excludes halogenated alkanes) is 1. The Morgan fingerprint density at radius 1 is 0.722 bits per heavy atom. The third kappa shape index (κ3) is 6.75. The first-order chi connectivity index (χ1) is 26.3. The van der Waals surface area contributed by atoms with E-state index in [1.807, 2.05) is 55.8 Å². The van der Waals surface area contributed by atoms with Crippen LogP contribution in [0.5, 0.6) is 0 Å². The fourth-order valence-corrected chi connectivity index (χ4v) is 7.37. The second kappa shape index (κ2) is 15.4. The van der Waals surface area contributed by atoms with Crippen molar-refractivity contribution in [2.45, 2.75) is 65.1 Å². The summed E-state index contributed by atoms with van der Waals surface area (Å²) in [5, 5.41) is 35.3. The Balaban J connectivity index is 1.33. The molecule has 1 atom stereocenters. The van der Waals surface area contributed by atoms with Gasteiger partial charge in [0.15, 0.2) is 11.5 Å². The number of rotatable bonds is 12. The summed E-state index contributed by atoms with van der Waals surface area (Å²) in [4.78, 5) is 4.72. The highest BCUT2D eigenvalue weighted by Gasteiger charge is 2.42. The van der Waals surface area contributed by atoms with Crippen molar-refractivity contribution in [2.75, 3.05) is 0 Å². The molecule has 7 aromatic rings. The number of imidazole rings is 1. The average molecular weight is 712 g/mol. The Labute approximate surface area is 317 Å². The summed E-state index contributed by atoms with van der Waals surface area (Å²) < 4.78 is 4.02. The molecule has 1 unspecified atom stereocenters. The van der Waals surface area contributed by atoms with Crippen molar-refractivity contribution in [1.29, 1.82) is 5.26 Å². The fraction of sp³-hybridized carbons (Fsp3) is 0.239. The molecular formula is C46H45N7O. The molecule has 0 saturated carbocycles. The number of aryl methyl sites for hydroxylation is 1. The van der Waals surface area contributed by atoms with Gasteiger partial charge in [-0.1, -0.05) is 174 Å². The largest absolute Gasteiger partial charge is 0.386 e. The molecule has 54 heavy (non-hydrogen) atoms. The molecule has 8 heteroatoms. The molecule has 0 aliphatic heterocycles. The molecule has 0 aliphatic carbocycles. The van der Waals surface area contributed by atoms with E-state index in [1.54, 1.807) is 0 Å². The Kier molecular flexibility index (Phi) is 10.3. The zero-order valence-corrected chi connectivity index (χ0v) is 31.3. The summed E-state index contributed by atoms with van der Waals surface area (Å²) in [7, 11) is 0. The minimum absolute atomic E-state index is 0.296. The quantitative estimate of drug-likeness (QED) is 0.127. The number of nitrogens with zero attached hydrogens (tertiary/aromatic N) is 7. The predicted molar refractivity (Wildman–Crippen MR) is 212 cm³/mol. The van der Waals surface area contributed by atoms with E-state index in [2.05, 4.69) is 132 Å². The van der Waals surface area contributed by atoms with Crippen LogP contribution in [0, 0.1) is 16.7 Å². The van der Waals surface area contributed by atoms with E-state index in [1.165, 1.54) is 0 Å². The maximum absolute atomic E-state index is 11.4. The standard InChI is InChI=1S/C46H45N7O/c1-5-6-26-41-48-40(31-47)42(43(54)45(2,3)4)52(41)32-33-27-29-34(30-28-33)38-24-16-17-25-39(38)44-49-50-51-53(44)46(35-18-10-7-11-19-35,36-20-12-8-13-21-36)37-22-14-9-15-23-37/h7-25,27-30,43,54H,5-6,26,32H2,1-4H3. The highest BCUT2D eigenvalue weighted by Crippen LogP contribution is 2.43. The molecule has 0 fully saturated rings. The predicted octanol–water partition coefficient (Wildman–Crippen LogP) is 9.39. The van der Waals surface area contributed by atoms with Crippen LogP contribution in [0.4, 0.5) is 0 Å².